The van der Waals surface area contributed by atoms with Gasteiger partial charge in [-0.3, -0.25) is 9.59 Å². The number of likely N-dealkylation sites (tertiary alicyclic amines) is 1. The number of piperidine rings is 1. The highest BCUT2D eigenvalue weighted by Gasteiger charge is 2.43. The number of hydrogen-bond acceptors (Lipinski definition) is 3. The monoisotopic (exact) mass is 516 g/mol. The van der Waals surface area contributed by atoms with Crippen LogP contribution in [0.15, 0.2) is 48.5 Å². The maximum atomic E-state index is 13.9. The third-order valence-corrected chi connectivity index (χ3v) is 9.02. The van der Waals surface area contributed by atoms with Gasteiger partial charge in [0.1, 0.15) is 12.4 Å². The van der Waals surface area contributed by atoms with Crippen molar-refractivity contribution in [2.75, 3.05) is 19.7 Å². The van der Waals surface area contributed by atoms with Crippen molar-refractivity contribution < 1.29 is 14.3 Å². The second kappa shape index (κ2) is 11.9. The minimum atomic E-state index is -0.397. The number of carbonyl (C=O) groups is 2. The van der Waals surface area contributed by atoms with Gasteiger partial charge in [-0.2, -0.15) is 0 Å². The van der Waals surface area contributed by atoms with Crippen molar-refractivity contribution in [3.05, 3.63) is 65.2 Å². The fourth-order valence-electron chi connectivity index (χ4n) is 6.81. The number of amides is 2. The zero-order chi connectivity index (χ0) is 26.5. The van der Waals surface area contributed by atoms with Crippen LogP contribution in [0.1, 0.15) is 75.5 Å². The molecule has 0 radical (unpaired) electrons. The summed E-state index contributed by atoms with van der Waals surface area (Å²) in [6.07, 6.45) is 9.21. The number of hydrogen-bond donors (Lipinski definition) is 1. The third-order valence-electron chi connectivity index (χ3n) is 9.02. The molecule has 0 saturated carbocycles. The van der Waals surface area contributed by atoms with Crippen LogP contribution in [-0.4, -0.2) is 42.5 Å². The third kappa shape index (κ3) is 6.08. The molecule has 0 bridgehead atoms. The molecular formula is C33H44N2O3. The van der Waals surface area contributed by atoms with E-state index in [1.165, 1.54) is 16.7 Å². The average molecular weight is 517 g/mol. The van der Waals surface area contributed by atoms with Crippen molar-refractivity contribution in [3.63, 3.8) is 0 Å². The highest BCUT2D eigenvalue weighted by Crippen LogP contribution is 2.39. The maximum Gasteiger partial charge on any atom is 0.226 e. The molecule has 2 amide bonds. The van der Waals surface area contributed by atoms with Gasteiger partial charge in [0.2, 0.25) is 11.8 Å². The van der Waals surface area contributed by atoms with Gasteiger partial charge in [0.15, 0.2) is 0 Å². The lowest BCUT2D eigenvalue weighted by Gasteiger charge is -2.42. The first-order valence-corrected chi connectivity index (χ1v) is 14.8. The van der Waals surface area contributed by atoms with Gasteiger partial charge in [-0.05, 0) is 80.0 Å². The van der Waals surface area contributed by atoms with E-state index in [-0.39, 0.29) is 23.8 Å². The summed E-state index contributed by atoms with van der Waals surface area (Å²) < 4.78 is 6.30. The van der Waals surface area contributed by atoms with E-state index in [1.54, 1.807) is 0 Å². The molecule has 5 rings (SSSR count). The first kappa shape index (κ1) is 26.8. The Morgan fingerprint density at radius 2 is 1.61 bits per heavy atom. The van der Waals surface area contributed by atoms with Crippen LogP contribution in [0.2, 0.25) is 0 Å². The van der Waals surface area contributed by atoms with E-state index in [4.69, 9.17) is 4.74 Å². The lowest BCUT2D eigenvalue weighted by molar-refractivity contribution is -0.144. The first-order valence-electron chi connectivity index (χ1n) is 14.8. The van der Waals surface area contributed by atoms with Gasteiger partial charge in [0.25, 0.3) is 0 Å². The van der Waals surface area contributed by atoms with Crippen LogP contribution in [-0.2, 0) is 28.9 Å². The van der Waals surface area contributed by atoms with E-state index < -0.39 is 5.41 Å². The minimum Gasteiger partial charge on any atom is -0.491 e. The molecule has 2 heterocycles. The van der Waals surface area contributed by atoms with Gasteiger partial charge in [-0.15, -0.1) is 0 Å². The summed E-state index contributed by atoms with van der Waals surface area (Å²) in [7, 11) is 0. The summed E-state index contributed by atoms with van der Waals surface area (Å²) in [5, 5.41) is 3.42. The summed E-state index contributed by atoms with van der Waals surface area (Å²) in [4.78, 5) is 29.4. The molecular weight excluding hydrogens is 472 g/mol. The van der Waals surface area contributed by atoms with Crippen molar-refractivity contribution in [1.82, 2.24) is 10.2 Å². The summed E-state index contributed by atoms with van der Waals surface area (Å²) in [6, 6.07) is 16.8. The number of nitrogens with zero attached hydrogens (tertiary/aromatic N) is 1. The quantitative estimate of drug-likeness (QED) is 0.566. The van der Waals surface area contributed by atoms with Crippen LogP contribution in [0, 0.1) is 17.3 Å². The predicted octanol–water partition coefficient (Wildman–Crippen LogP) is 5.74. The largest absolute Gasteiger partial charge is 0.491 e. The molecule has 5 nitrogen and oxygen atoms in total. The molecule has 2 aromatic rings. The molecule has 1 atom stereocenters. The Hall–Kier alpha value is -2.82. The number of nitrogens with one attached hydrogen (secondary N) is 1. The second-order valence-corrected chi connectivity index (χ2v) is 12.3. The van der Waals surface area contributed by atoms with Crippen molar-refractivity contribution >= 4 is 11.8 Å². The predicted molar refractivity (Wildman–Crippen MR) is 151 cm³/mol. The Balaban J connectivity index is 1.27. The van der Waals surface area contributed by atoms with Crippen molar-refractivity contribution in [1.29, 1.82) is 0 Å². The fourth-order valence-corrected chi connectivity index (χ4v) is 6.81. The van der Waals surface area contributed by atoms with Gasteiger partial charge in [0, 0.05) is 19.0 Å². The number of para-hydroxylation sites is 1. The molecule has 5 heteroatoms. The van der Waals surface area contributed by atoms with E-state index in [2.05, 4.69) is 61.6 Å². The normalized spacial score (nSPS) is 22.4. The van der Waals surface area contributed by atoms with Crippen LogP contribution < -0.4 is 10.1 Å². The van der Waals surface area contributed by atoms with Gasteiger partial charge in [0.05, 0.1) is 11.5 Å². The molecule has 1 fully saturated rings. The Morgan fingerprint density at radius 1 is 0.947 bits per heavy atom. The van der Waals surface area contributed by atoms with Crippen LogP contribution in [0.25, 0.3) is 0 Å². The molecule has 38 heavy (non-hydrogen) atoms. The van der Waals surface area contributed by atoms with E-state index >= 15 is 0 Å². The lowest BCUT2D eigenvalue weighted by Crippen LogP contribution is -2.54. The molecule has 0 aromatic heterocycles. The van der Waals surface area contributed by atoms with E-state index in [0.717, 1.165) is 70.0 Å². The first-order chi connectivity index (χ1) is 18.4. The van der Waals surface area contributed by atoms with Crippen LogP contribution >= 0.6 is 0 Å². The molecule has 2 aromatic carbocycles. The highest BCUT2D eigenvalue weighted by molar-refractivity contribution is 5.84. The van der Waals surface area contributed by atoms with Crippen molar-refractivity contribution in [2.24, 2.45) is 17.3 Å². The molecule has 3 aliphatic rings. The minimum absolute atomic E-state index is 0.0233. The standard InChI is InChI=1S/C33H44N2O3/c1-24(2)20-29-23-38-30-14-8-7-11-25(30)10-4-3-9-15-33(32(37)34-29)16-18-35(19-17-33)31(36)28-21-26-12-5-6-13-27(26)22-28/h5-8,11-14,24,28-29H,3-4,9-10,15-23H2,1-2H3,(H,34,37)/t29-/m0/s1. The summed E-state index contributed by atoms with van der Waals surface area (Å²) in [5.41, 5.74) is 3.49. The zero-order valence-electron chi connectivity index (χ0n) is 23.2. The SMILES string of the molecule is CC(C)C[C@H]1COc2ccccc2CCCCCC2(CCN(C(=O)C3Cc4ccccc4C3)CC2)C(=O)N1. The molecule has 0 unspecified atom stereocenters. The number of aryl methyl sites for hydroxylation is 1. The second-order valence-electron chi connectivity index (χ2n) is 12.3. The van der Waals surface area contributed by atoms with Crippen molar-refractivity contribution in [2.45, 2.75) is 84.1 Å². The zero-order valence-corrected chi connectivity index (χ0v) is 23.2. The van der Waals surface area contributed by atoms with Crippen molar-refractivity contribution in [3.8, 4) is 5.75 Å². The Kier molecular flexibility index (Phi) is 8.40. The van der Waals surface area contributed by atoms with Gasteiger partial charge < -0.3 is 15.0 Å². The van der Waals surface area contributed by atoms with Crippen LogP contribution in [0.5, 0.6) is 5.75 Å². The number of benzene rings is 2. The molecule has 1 spiro atoms. The Morgan fingerprint density at radius 3 is 2.29 bits per heavy atom. The average Bonchev–Trinajstić information content (AvgIpc) is 3.36. The lowest BCUT2D eigenvalue weighted by atomic mass is 9.73. The van der Waals surface area contributed by atoms with Crippen LogP contribution in [0.3, 0.4) is 0 Å². The smallest absolute Gasteiger partial charge is 0.226 e. The van der Waals surface area contributed by atoms with Gasteiger partial charge in [-0.25, -0.2) is 0 Å². The Bertz CT molecular complexity index is 1090. The van der Waals surface area contributed by atoms with Gasteiger partial charge >= 0.3 is 0 Å². The molecule has 1 N–H and O–H groups in total. The Labute approximate surface area is 228 Å². The van der Waals surface area contributed by atoms with E-state index in [9.17, 15) is 9.59 Å². The summed E-state index contributed by atoms with van der Waals surface area (Å²) in [6.45, 7) is 6.24. The van der Waals surface area contributed by atoms with Gasteiger partial charge in [-0.1, -0.05) is 69.2 Å². The molecule has 1 saturated heterocycles. The van der Waals surface area contributed by atoms with Crippen LogP contribution in [0.4, 0.5) is 0 Å². The number of carbonyl (C=O) groups excluding carboxylic acids is 2. The summed E-state index contributed by atoms with van der Waals surface area (Å²) in [5.74, 6) is 1.89. The number of ether oxygens (including phenoxy) is 1. The van der Waals surface area contributed by atoms with E-state index in [0.29, 0.717) is 25.6 Å². The number of fused-ring (bicyclic) bond motifs is 2. The fraction of sp³-hybridized carbons (Fsp3) is 0.576. The molecule has 204 valence electrons. The van der Waals surface area contributed by atoms with E-state index in [1.807, 2.05) is 11.0 Å². The molecule has 2 aliphatic heterocycles. The number of rotatable bonds is 3. The topological polar surface area (TPSA) is 58.6 Å². The highest BCUT2D eigenvalue weighted by atomic mass is 16.5. The molecule has 1 aliphatic carbocycles. The maximum absolute atomic E-state index is 13.9. The summed E-state index contributed by atoms with van der Waals surface area (Å²) >= 11 is 0.